The van der Waals surface area contributed by atoms with Gasteiger partial charge in [-0.3, -0.25) is 0 Å². The van der Waals surface area contributed by atoms with Crippen LogP contribution >= 0.6 is 0 Å². The summed E-state index contributed by atoms with van der Waals surface area (Å²) in [5.41, 5.74) is 5.92. The van der Waals surface area contributed by atoms with E-state index in [0.29, 0.717) is 0 Å². The van der Waals surface area contributed by atoms with Crippen molar-refractivity contribution in [3.8, 4) is 0 Å². The first-order valence-corrected chi connectivity index (χ1v) is 9.38. The third-order valence-electron chi connectivity index (χ3n) is 4.03. The molecule has 0 bridgehead atoms. The number of hydrogen-bond donors (Lipinski definition) is 0. The van der Waals surface area contributed by atoms with E-state index < -0.39 is 11.4 Å². The van der Waals surface area contributed by atoms with Gasteiger partial charge in [-0.2, -0.15) is 0 Å². The Hall–Kier alpha value is -2.36. The highest BCUT2D eigenvalue weighted by Gasteiger charge is 2.08. The van der Waals surface area contributed by atoms with E-state index in [1.807, 2.05) is 43.3 Å². The van der Waals surface area contributed by atoms with E-state index in [4.69, 9.17) is 0 Å². The summed E-state index contributed by atoms with van der Waals surface area (Å²) in [6.45, 7) is 4.10. The van der Waals surface area contributed by atoms with Crippen LogP contribution in [0.25, 0.3) is 0 Å². The molecule has 0 aliphatic heterocycles. The van der Waals surface area contributed by atoms with E-state index in [-0.39, 0.29) is 0 Å². The van der Waals surface area contributed by atoms with Crippen molar-refractivity contribution in [1.82, 2.24) is 0 Å². The maximum absolute atomic E-state index is 12.2. The second-order valence-corrected chi connectivity index (χ2v) is 7.38. The van der Waals surface area contributed by atoms with Crippen molar-refractivity contribution in [2.75, 3.05) is 0 Å². The van der Waals surface area contributed by atoms with Crippen LogP contribution in [-0.2, 0) is 17.8 Å². The van der Waals surface area contributed by atoms with Crippen LogP contribution in [0.1, 0.15) is 27.8 Å². The van der Waals surface area contributed by atoms with Gasteiger partial charge in [0.2, 0.25) is 0 Å². The minimum atomic E-state index is -1.36. The highest BCUT2D eigenvalue weighted by molar-refractivity contribution is 7.90. The lowest BCUT2D eigenvalue weighted by Gasteiger charge is -2.04. The Bertz CT molecular complexity index is 837. The topological polar surface area (TPSA) is 35.4 Å². The first kappa shape index (κ1) is 17.5. The molecule has 0 spiro atoms. The molecule has 0 saturated carbocycles. The smallest absolute Gasteiger partial charge is 0.182 e. The van der Waals surface area contributed by atoms with Crippen LogP contribution in [0.2, 0.25) is 0 Å². The molecular formula is C22H21NOS. The molecule has 0 radical (unpaired) electrons. The molecule has 3 rings (SSSR count). The quantitative estimate of drug-likeness (QED) is 0.470. The number of benzene rings is 3. The number of hydrogen-bond acceptors (Lipinski definition) is 2. The van der Waals surface area contributed by atoms with Crippen LogP contribution in [0.4, 0.5) is 0 Å². The minimum Gasteiger partial charge on any atom is -0.586 e. The molecule has 3 aromatic carbocycles. The molecule has 0 fully saturated rings. The van der Waals surface area contributed by atoms with Crippen molar-refractivity contribution in [1.29, 1.82) is 0 Å². The van der Waals surface area contributed by atoms with Gasteiger partial charge in [0.25, 0.3) is 0 Å². The fraction of sp³-hybridized carbons (Fsp3) is 0.136. The molecule has 0 heterocycles. The van der Waals surface area contributed by atoms with Gasteiger partial charge in [0.15, 0.2) is 4.90 Å². The van der Waals surface area contributed by atoms with E-state index >= 15 is 0 Å². The molecule has 1 unspecified atom stereocenters. The summed E-state index contributed by atoms with van der Waals surface area (Å²) in [6.07, 6.45) is 2.58. The van der Waals surface area contributed by atoms with Gasteiger partial charge in [-0.05, 0) is 49.1 Å². The fourth-order valence-corrected chi connectivity index (χ4v) is 3.20. The molecule has 0 N–H and O–H groups in total. The zero-order valence-electron chi connectivity index (χ0n) is 14.5. The molecule has 3 aromatic rings. The van der Waals surface area contributed by atoms with Crippen LogP contribution in [0, 0.1) is 13.8 Å². The van der Waals surface area contributed by atoms with Gasteiger partial charge in [0, 0.05) is 0 Å². The van der Waals surface area contributed by atoms with Crippen LogP contribution < -0.4 is 0 Å². The van der Waals surface area contributed by atoms with E-state index in [9.17, 15) is 4.55 Å². The van der Waals surface area contributed by atoms with Gasteiger partial charge in [-0.25, -0.2) is 0 Å². The second kappa shape index (κ2) is 8.15. The molecule has 0 aliphatic carbocycles. The van der Waals surface area contributed by atoms with E-state index in [0.717, 1.165) is 22.4 Å². The summed E-state index contributed by atoms with van der Waals surface area (Å²) in [5.74, 6) is 0. The third kappa shape index (κ3) is 5.05. The van der Waals surface area contributed by atoms with Crippen molar-refractivity contribution < 1.29 is 4.55 Å². The molecule has 3 heteroatoms. The normalized spacial score (nSPS) is 12.4. The first-order valence-electron chi connectivity index (χ1n) is 8.27. The predicted molar refractivity (Wildman–Crippen MR) is 106 cm³/mol. The Labute approximate surface area is 152 Å². The van der Waals surface area contributed by atoms with Crippen LogP contribution in [0.5, 0.6) is 0 Å². The number of nitrogens with zero attached hydrogens (tertiary/aromatic N) is 1. The Kier molecular flexibility index (Phi) is 5.69. The fourth-order valence-electron chi connectivity index (χ4n) is 2.49. The van der Waals surface area contributed by atoms with Crippen molar-refractivity contribution in [3.05, 3.63) is 101 Å². The Morgan fingerprint density at radius 1 is 0.760 bits per heavy atom. The summed E-state index contributed by atoms with van der Waals surface area (Å²) in [6, 6.07) is 24.4. The maximum Gasteiger partial charge on any atom is 0.182 e. The largest absolute Gasteiger partial charge is 0.586 e. The summed E-state index contributed by atoms with van der Waals surface area (Å²) in [4.78, 5) is 0.720. The van der Waals surface area contributed by atoms with Crippen LogP contribution in [0.3, 0.4) is 0 Å². The summed E-state index contributed by atoms with van der Waals surface area (Å²) >= 11 is -1.36. The minimum absolute atomic E-state index is 0.720. The Morgan fingerprint density at radius 3 is 1.80 bits per heavy atom. The standard InChI is InChI=1S/C22H21NOS/c1-17-3-7-19(8-4-17)15-20-9-11-21(12-10-20)16-23-25(24)22-13-5-18(2)6-14-22/h3-14,16H,15H2,1-2H3/b23-16+. The van der Waals surface area contributed by atoms with Gasteiger partial charge < -0.3 is 4.55 Å². The molecule has 0 aliphatic rings. The average molecular weight is 347 g/mol. The summed E-state index contributed by atoms with van der Waals surface area (Å²) in [7, 11) is 0. The summed E-state index contributed by atoms with van der Waals surface area (Å²) in [5, 5.41) is 0. The lowest BCUT2D eigenvalue weighted by molar-refractivity contribution is 0.597. The molecule has 126 valence electrons. The van der Waals surface area contributed by atoms with E-state index in [1.54, 1.807) is 6.21 Å². The van der Waals surface area contributed by atoms with Crippen LogP contribution in [0.15, 0.2) is 82.1 Å². The van der Waals surface area contributed by atoms with Crippen molar-refractivity contribution in [2.45, 2.75) is 25.2 Å². The van der Waals surface area contributed by atoms with Crippen molar-refractivity contribution in [2.24, 2.45) is 4.40 Å². The van der Waals surface area contributed by atoms with E-state index in [1.165, 1.54) is 16.7 Å². The molecule has 0 saturated heterocycles. The molecular weight excluding hydrogens is 326 g/mol. The highest BCUT2D eigenvalue weighted by atomic mass is 32.2. The molecule has 25 heavy (non-hydrogen) atoms. The van der Waals surface area contributed by atoms with Gasteiger partial charge in [-0.15, -0.1) is 0 Å². The molecule has 1 atom stereocenters. The lowest BCUT2D eigenvalue weighted by Crippen LogP contribution is -1.98. The van der Waals surface area contributed by atoms with Crippen molar-refractivity contribution >= 4 is 17.6 Å². The average Bonchev–Trinajstić information content (AvgIpc) is 2.63. The van der Waals surface area contributed by atoms with Gasteiger partial charge >= 0.3 is 0 Å². The SMILES string of the molecule is Cc1ccc(Cc2ccc(/C=N/[S+]([O-])c3ccc(C)cc3)cc2)cc1. The molecule has 0 amide bonds. The van der Waals surface area contributed by atoms with Crippen molar-refractivity contribution in [3.63, 3.8) is 0 Å². The highest BCUT2D eigenvalue weighted by Crippen LogP contribution is 2.14. The lowest BCUT2D eigenvalue weighted by atomic mass is 10.0. The van der Waals surface area contributed by atoms with E-state index in [2.05, 4.69) is 47.7 Å². The maximum atomic E-state index is 12.2. The monoisotopic (exact) mass is 347 g/mol. The number of rotatable bonds is 5. The Morgan fingerprint density at radius 2 is 1.24 bits per heavy atom. The molecule has 0 aromatic heterocycles. The first-order chi connectivity index (χ1) is 12.1. The van der Waals surface area contributed by atoms with Crippen LogP contribution in [-0.4, -0.2) is 10.8 Å². The van der Waals surface area contributed by atoms with Gasteiger partial charge in [0.05, 0.1) is 6.21 Å². The van der Waals surface area contributed by atoms with Gasteiger partial charge in [-0.1, -0.05) is 76.2 Å². The second-order valence-electron chi connectivity index (χ2n) is 6.20. The third-order valence-corrected chi connectivity index (χ3v) is 5.00. The van der Waals surface area contributed by atoms with Gasteiger partial charge in [0.1, 0.15) is 11.4 Å². The zero-order valence-corrected chi connectivity index (χ0v) is 15.3. The predicted octanol–water partition coefficient (Wildman–Crippen LogP) is 5.04. The molecule has 2 nitrogen and oxygen atoms in total. The number of aryl methyl sites for hydroxylation is 2. The zero-order chi connectivity index (χ0) is 17.6. The Balaban J connectivity index is 1.63. The summed E-state index contributed by atoms with van der Waals surface area (Å²) < 4.78 is 16.3.